The van der Waals surface area contributed by atoms with Gasteiger partial charge in [-0.1, -0.05) is 6.92 Å². The molecule has 4 heterocycles. The number of aromatic nitrogens is 1. The second kappa shape index (κ2) is 10.9. The lowest BCUT2D eigenvalue weighted by Gasteiger charge is -2.56. The van der Waals surface area contributed by atoms with Gasteiger partial charge in [-0.25, -0.2) is 0 Å². The van der Waals surface area contributed by atoms with Crippen LogP contribution in [0.25, 0.3) is 10.9 Å². The number of rotatable bonds is 6. The highest BCUT2D eigenvalue weighted by atomic mass is 16.5. The van der Waals surface area contributed by atoms with Crippen molar-refractivity contribution in [2.24, 2.45) is 17.8 Å². The molecule has 10 heteroatoms. The van der Waals surface area contributed by atoms with E-state index in [0.29, 0.717) is 52.0 Å². The number of hydrogen-bond donors (Lipinski definition) is 2. The Hall–Kier alpha value is -3.56. The Morgan fingerprint density at radius 1 is 1.05 bits per heavy atom. The third kappa shape index (κ3) is 5.16. The number of carbonyl (C=O) groups is 4. The standard InChI is InChI=1S/C33H45N5O5/c1-6-33-25(31(42)37-15-13-36(14-16-37)29(40)20-7-8-20)17-21(18-27(39)35-32(2,3)4)30(41)38(33)12-11-23-24-19-22(43-5)9-10-26(24)34-28(23)33/h9-10,19-21,25,34H,6-8,11-18H2,1-5H3,(H,35,39)/t21?,25-,33+/m1/s1. The van der Waals surface area contributed by atoms with Gasteiger partial charge in [-0.15, -0.1) is 0 Å². The van der Waals surface area contributed by atoms with Gasteiger partial charge >= 0.3 is 0 Å². The molecular formula is C33H45N5O5. The molecule has 4 aliphatic rings. The molecule has 10 nitrogen and oxygen atoms in total. The molecule has 0 spiro atoms. The van der Waals surface area contributed by atoms with E-state index < -0.39 is 22.9 Å². The van der Waals surface area contributed by atoms with Crippen LogP contribution in [-0.4, -0.2) is 88.7 Å². The summed E-state index contributed by atoms with van der Waals surface area (Å²) < 4.78 is 5.52. The van der Waals surface area contributed by atoms with Gasteiger partial charge in [0.15, 0.2) is 0 Å². The fourth-order valence-electron chi connectivity index (χ4n) is 7.75. The van der Waals surface area contributed by atoms with Gasteiger partial charge in [-0.05, 0) is 76.6 Å². The first-order valence-corrected chi connectivity index (χ1v) is 15.9. The quantitative estimate of drug-likeness (QED) is 0.536. The summed E-state index contributed by atoms with van der Waals surface area (Å²) in [6, 6.07) is 5.94. The molecule has 2 N–H and O–H groups in total. The molecule has 1 unspecified atom stereocenters. The number of benzene rings is 1. The number of ether oxygens (including phenoxy) is 1. The first-order valence-electron chi connectivity index (χ1n) is 15.9. The zero-order chi connectivity index (χ0) is 30.7. The van der Waals surface area contributed by atoms with Gasteiger partial charge in [0.1, 0.15) is 5.75 Å². The molecule has 1 aromatic carbocycles. The van der Waals surface area contributed by atoms with E-state index in [1.165, 1.54) is 0 Å². The van der Waals surface area contributed by atoms with Gasteiger partial charge < -0.3 is 29.7 Å². The summed E-state index contributed by atoms with van der Waals surface area (Å²) in [4.78, 5) is 64.0. The maximum absolute atomic E-state index is 14.6. The van der Waals surface area contributed by atoms with E-state index in [2.05, 4.69) is 17.2 Å². The number of piperidine rings is 1. The van der Waals surface area contributed by atoms with Crippen LogP contribution >= 0.6 is 0 Å². The van der Waals surface area contributed by atoms with Crippen LogP contribution in [0.5, 0.6) is 5.75 Å². The van der Waals surface area contributed by atoms with Gasteiger partial charge in [-0.3, -0.25) is 19.2 Å². The van der Waals surface area contributed by atoms with E-state index >= 15 is 0 Å². The molecule has 0 bridgehead atoms. The third-order valence-electron chi connectivity index (χ3n) is 9.94. The first-order chi connectivity index (χ1) is 20.5. The van der Waals surface area contributed by atoms with Crippen molar-refractivity contribution in [3.05, 3.63) is 29.5 Å². The van der Waals surface area contributed by atoms with Crippen molar-refractivity contribution in [3.63, 3.8) is 0 Å². The molecule has 1 aliphatic carbocycles. The van der Waals surface area contributed by atoms with Crippen LogP contribution in [0, 0.1) is 17.8 Å². The first kappa shape index (κ1) is 29.5. The number of H-pyrrole nitrogens is 1. The predicted octanol–water partition coefficient (Wildman–Crippen LogP) is 3.19. The molecular weight excluding hydrogens is 546 g/mol. The summed E-state index contributed by atoms with van der Waals surface area (Å²) in [6.07, 6.45) is 3.50. The summed E-state index contributed by atoms with van der Waals surface area (Å²) in [5, 5.41) is 4.06. The van der Waals surface area contributed by atoms with Crippen molar-refractivity contribution in [2.45, 2.75) is 77.3 Å². The molecule has 232 valence electrons. The molecule has 2 aromatic rings. The SMILES string of the molecule is CC[C@]12c3[nH]c4ccc(OC)cc4c3CCN1C(=O)C(CC(=O)NC(C)(C)C)C[C@@H]2C(=O)N1CCN(C(=O)C2CC2)CC1. The Balaban J connectivity index is 1.37. The molecule has 2 saturated heterocycles. The summed E-state index contributed by atoms with van der Waals surface area (Å²) in [7, 11) is 1.65. The van der Waals surface area contributed by atoms with Crippen molar-refractivity contribution in [1.29, 1.82) is 0 Å². The number of amides is 4. The number of nitrogens with zero attached hydrogens (tertiary/aromatic N) is 3. The number of carbonyl (C=O) groups excluding carboxylic acids is 4. The molecule has 43 heavy (non-hydrogen) atoms. The Morgan fingerprint density at radius 3 is 2.33 bits per heavy atom. The highest BCUT2D eigenvalue weighted by Crippen LogP contribution is 2.52. The minimum absolute atomic E-state index is 0.00295. The van der Waals surface area contributed by atoms with Crippen LogP contribution in [-0.2, 0) is 31.1 Å². The van der Waals surface area contributed by atoms with E-state index in [1.54, 1.807) is 7.11 Å². The van der Waals surface area contributed by atoms with Crippen LogP contribution in [0.1, 0.15) is 71.1 Å². The molecule has 4 amide bonds. The van der Waals surface area contributed by atoms with Crippen LogP contribution < -0.4 is 10.1 Å². The van der Waals surface area contributed by atoms with E-state index in [1.807, 2.05) is 53.7 Å². The van der Waals surface area contributed by atoms with Gasteiger partial charge in [0.05, 0.1) is 18.6 Å². The number of methoxy groups -OCH3 is 1. The Bertz CT molecular complexity index is 1450. The zero-order valence-corrected chi connectivity index (χ0v) is 26.1. The highest BCUT2D eigenvalue weighted by molar-refractivity contribution is 5.93. The molecule has 3 aliphatic heterocycles. The summed E-state index contributed by atoms with van der Waals surface area (Å²) in [6.45, 7) is 10.3. The fraction of sp³-hybridized carbons (Fsp3) is 0.636. The smallest absolute Gasteiger partial charge is 0.228 e. The topological polar surface area (TPSA) is 115 Å². The Labute approximate surface area is 253 Å². The Morgan fingerprint density at radius 2 is 1.72 bits per heavy atom. The largest absolute Gasteiger partial charge is 0.497 e. The van der Waals surface area contributed by atoms with Crippen LogP contribution in [0.4, 0.5) is 0 Å². The monoisotopic (exact) mass is 591 g/mol. The van der Waals surface area contributed by atoms with E-state index in [-0.39, 0.29) is 36.0 Å². The normalized spacial score (nSPS) is 25.8. The number of aromatic amines is 1. The highest BCUT2D eigenvalue weighted by Gasteiger charge is 2.59. The van der Waals surface area contributed by atoms with Crippen molar-refractivity contribution < 1.29 is 23.9 Å². The van der Waals surface area contributed by atoms with Gasteiger partial charge in [0.25, 0.3) is 0 Å². The van der Waals surface area contributed by atoms with E-state index in [4.69, 9.17) is 4.74 Å². The Kier molecular flexibility index (Phi) is 7.45. The van der Waals surface area contributed by atoms with Crippen molar-refractivity contribution >= 4 is 34.5 Å². The summed E-state index contributed by atoms with van der Waals surface area (Å²) in [5.74, 6) is -0.212. The summed E-state index contributed by atoms with van der Waals surface area (Å²) >= 11 is 0. The molecule has 3 fully saturated rings. The maximum atomic E-state index is 14.6. The van der Waals surface area contributed by atoms with Crippen molar-refractivity contribution in [1.82, 2.24) is 25.0 Å². The molecule has 3 atom stereocenters. The van der Waals surface area contributed by atoms with Crippen LogP contribution in [0.15, 0.2) is 18.2 Å². The lowest BCUT2D eigenvalue weighted by molar-refractivity contribution is -0.168. The van der Waals surface area contributed by atoms with Gasteiger partial charge in [0.2, 0.25) is 23.6 Å². The van der Waals surface area contributed by atoms with Crippen LogP contribution in [0.3, 0.4) is 0 Å². The van der Waals surface area contributed by atoms with E-state index in [0.717, 1.165) is 40.8 Å². The number of hydrogen-bond acceptors (Lipinski definition) is 5. The molecule has 1 saturated carbocycles. The fourth-order valence-corrected chi connectivity index (χ4v) is 7.75. The minimum Gasteiger partial charge on any atom is -0.497 e. The minimum atomic E-state index is -0.855. The van der Waals surface area contributed by atoms with E-state index in [9.17, 15) is 19.2 Å². The van der Waals surface area contributed by atoms with Gasteiger partial charge in [0, 0.05) is 73.1 Å². The zero-order valence-electron chi connectivity index (χ0n) is 26.1. The molecule has 1 aromatic heterocycles. The van der Waals surface area contributed by atoms with Crippen molar-refractivity contribution in [3.8, 4) is 5.75 Å². The third-order valence-corrected chi connectivity index (χ3v) is 9.94. The van der Waals surface area contributed by atoms with Crippen LogP contribution in [0.2, 0.25) is 0 Å². The lowest BCUT2D eigenvalue weighted by atomic mass is 9.65. The maximum Gasteiger partial charge on any atom is 0.228 e. The number of nitrogens with one attached hydrogen (secondary N) is 2. The predicted molar refractivity (Wildman–Crippen MR) is 162 cm³/mol. The molecule has 6 rings (SSSR count). The van der Waals surface area contributed by atoms with Crippen molar-refractivity contribution in [2.75, 3.05) is 39.8 Å². The number of fused-ring (bicyclic) bond motifs is 5. The average Bonchev–Trinajstić information content (AvgIpc) is 3.76. The van der Waals surface area contributed by atoms with Gasteiger partial charge in [-0.2, -0.15) is 0 Å². The summed E-state index contributed by atoms with van der Waals surface area (Å²) in [5.41, 5.74) is 1.74. The molecule has 0 radical (unpaired) electrons. The average molecular weight is 592 g/mol. The lowest BCUT2D eigenvalue weighted by Crippen LogP contribution is -2.66. The second-order valence-corrected chi connectivity index (χ2v) is 13.8. The second-order valence-electron chi connectivity index (χ2n) is 13.8. The number of piperazine rings is 1.